The molecule has 0 aromatic rings. The summed E-state index contributed by atoms with van der Waals surface area (Å²) in [6, 6.07) is 0. The maximum Gasteiger partial charge on any atom is 2.00 e. The van der Waals surface area contributed by atoms with Crippen molar-refractivity contribution < 1.29 is 56.8 Å². The van der Waals surface area contributed by atoms with Crippen molar-refractivity contribution in [2.45, 2.75) is 76.1 Å². The van der Waals surface area contributed by atoms with Crippen molar-refractivity contribution in [2.24, 2.45) is 40.4 Å². The van der Waals surface area contributed by atoms with Gasteiger partial charge in [0.15, 0.2) is 17.3 Å². The van der Waals surface area contributed by atoms with Crippen molar-refractivity contribution in [3.8, 4) is 0 Å². The number of carbonyl (C=O) groups excluding carboxylic acids is 4. The van der Waals surface area contributed by atoms with Crippen LogP contribution in [0.15, 0.2) is 24.3 Å². The number of carbonyl (C=O) groups is 6. The molecule has 41 heavy (non-hydrogen) atoms. The number of Topliss-reactive ketones (excluding diaryl/α,β-unsaturated/α-hetero) is 3. The largest absolute Gasteiger partial charge is 2.00 e. The van der Waals surface area contributed by atoms with Gasteiger partial charge in [-0.25, -0.2) is 0 Å². The minimum Gasteiger partial charge on any atom is -1.00 e. The van der Waals surface area contributed by atoms with Crippen LogP contribution in [0.5, 0.6) is 0 Å². The van der Waals surface area contributed by atoms with Crippen LogP contribution in [0.25, 0.3) is 0 Å². The zero-order valence-corrected chi connectivity index (χ0v) is 25.3. The number of aliphatic hydroxyl groups excluding tert-OH is 1. The molecule has 4 saturated carbocycles. The minimum atomic E-state index is -1.27. The minimum absolute atomic E-state index is 0. The fourth-order valence-corrected chi connectivity index (χ4v) is 8.84. The smallest absolute Gasteiger partial charge is 1.00 e. The molecule has 5 fully saturated rings. The molecule has 8 atom stereocenters. The van der Waals surface area contributed by atoms with E-state index in [4.69, 9.17) is 9.84 Å². The first-order valence-electron chi connectivity index (χ1n) is 13.6. The second kappa shape index (κ2) is 10.4. The van der Waals surface area contributed by atoms with Gasteiger partial charge in [-0.05, 0) is 49.7 Å². The van der Waals surface area contributed by atoms with Crippen LogP contribution in [-0.4, -0.2) is 111 Å². The van der Waals surface area contributed by atoms with Crippen molar-refractivity contribution in [1.29, 1.82) is 0 Å². The van der Waals surface area contributed by atoms with Gasteiger partial charge in [-0.2, -0.15) is 0 Å². The molecule has 1 spiro atoms. The molecule has 6 rings (SSSR count). The number of hydrogen-bond donors (Lipinski definition) is 4. The average Bonchev–Trinajstić information content (AvgIpc) is 3.30. The van der Waals surface area contributed by atoms with Crippen molar-refractivity contribution >= 4 is 73.0 Å². The molecular formula is C29H36CaO11. The van der Waals surface area contributed by atoms with Crippen molar-refractivity contribution in [3.63, 3.8) is 0 Å². The summed E-state index contributed by atoms with van der Waals surface area (Å²) in [4.78, 5) is 69.8. The van der Waals surface area contributed by atoms with Crippen molar-refractivity contribution in [3.05, 3.63) is 24.3 Å². The zero-order valence-electron chi connectivity index (χ0n) is 25.1. The molecule has 4 bridgehead atoms. The Bertz CT molecular complexity index is 1280. The van der Waals surface area contributed by atoms with E-state index >= 15 is 0 Å². The molecule has 0 radical (unpaired) electrons. The molecule has 5 aliphatic carbocycles. The molecule has 1 saturated heterocycles. The molecule has 0 amide bonds. The Labute approximate surface area is 269 Å². The maximum absolute atomic E-state index is 12.7. The number of esters is 1. The fourth-order valence-electron chi connectivity index (χ4n) is 8.84. The van der Waals surface area contributed by atoms with E-state index in [1.54, 1.807) is 26.0 Å². The molecule has 220 valence electrons. The topological polar surface area (TPSA) is 193 Å². The molecule has 11 nitrogen and oxygen atoms in total. The van der Waals surface area contributed by atoms with E-state index < -0.39 is 87.1 Å². The van der Waals surface area contributed by atoms with Crippen molar-refractivity contribution in [2.75, 3.05) is 0 Å². The van der Waals surface area contributed by atoms with Gasteiger partial charge in [0, 0.05) is 31.1 Å². The van der Waals surface area contributed by atoms with Gasteiger partial charge in [0.25, 0.3) is 0 Å². The average molecular weight is 601 g/mol. The SMILES string of the molecule is C=C1C[C@]23C[C@@]1(O)CC[C@H]2[C@@]12C=C[C@H](O)[C@@](C)(C(=O)O1)[C@H]2[C@@H]3C(=O)O.CCC(=O)C1C(=O)CC(C(=O)O)CC1=O.[Ca+2].[H-].[H-]. The van der Waals surface area contributed by atoms with E-state index in [-0.39, 0.29) is 65.8 Å². The summed E-state index contributed by atoms with van der Waals surface area (Å²) in [5.41, 5.74) is -3.29. The summed E-state index contributed by atoms with van der Waals surface area (Å²) in [5, 5.41) is 40.3. The predicted octanol–water partition coefficient (Wildman–Crippen LogP) is 1.09. The molecule has 0 aromatic heterocycles. The number of carboxylic acids is 2. The number of rotatable bonds is 4. The number of aliphatic carboxylic acids is 2. The van der Waals surface area contributed by atoms with Crippen molar-refractivity contribution in [1.82, 2.24) is 0 Å². The van der Waals surface area contributed by atoms with Gasteiger partial charge in [0.1, 0.15) is 16.9 Å². The van der Waals surface area contributed by atoms with Crippen LogP contribution in [-0.2, 0) is 33.5 Å². The summed E-state index contributed by atoms with van der Waals surface area (Å²) in [6.07, 6.45) is 3.82. The third kappa shape index (κ3) is 4.24. The first-order valence-corrected chi connectivity index (χ1v) is 13.6. The Kier molecular flexibility index (Phi) is 8.09. The number of aliphatic hydroxyl groups is 2. The van der Waals surface area contributed by atoms with E-state index in [1.165, 1.54) is 0 Å². The number of ketones is 3. The Hall–Kier alpha value is -1.92. The monoisotopic (exact) mass is 600 g/mol. The van der Waals surface area contributed by atoms with Gasteiger partial charge < -0.3 is 28.0 Å². The van der Waals surface area contributed by atoms with Gasteiger partial charge in [-0.1, -0.05) is 19.6 Å². The Balaban J connectivity index is 0.000000315. The normalized spacial score (nSPS) is 45.1. The van der Waals surface area contributed by atoms with Gasteiger partial charge in [0.05, 0.1) is 23.5 Å². The van der Waals surface area contributed by atoms with Crippen LogP contribution in [0.3, 0.4) is 0 Å². The third-order valence-electron chi connectivity index (χ3n) is 10.7. The number of ether oxygens (including phenoxy) is 1. The molecule has 1 aliphatic heterocycles. The summed E-state index contributed by atoms with van der Waals surface area (Å²) in [7, 11) is 0. The number of fused-ring (bicyclic) bond motifs is 1. The molecule has 6 aliphatic rings. The molecule has 0 unspecified atom stereocenters. The Morgan fingerprint density at radius 3 is 2.27 bits per heavy atom. The standard InChI is InChI=1S/C19H22O6.C10H12O5.Ca.2H/c1-9-7-17-8-18(9,24)5-3-10(17)19-6-4-11(20)16(2,15(23)25-19)13(19)12(17)14(21)22;1-2-6(11)9-7(12)3-5(10(14)15)4-8(9)13;;;/h4,6,10-13,20,24H,1,3,5,7-8H2,2H3,(H,21,22);5,9H,2-4H2,1H3,(H,14,15);;;/q;;+2;2*-1/t10-,11+,12-,13-,16-,17+,18+,19-;;;;/m1..../s1. The molecular weight excluding hydrogens is 564 g/mol. The molecule has 0 aromatic carbocycles. The van der Waals surface area contributed by atoms with Gasteiger partial charge in [0.2, 0.25) is 0 Å². The van der Waals surface area contributed by atoms with Crippen LogP contribution < -0.4 is 0 Å². The van der Waals surface area contributed by atoms with Crippen LogP contribution in [0, 0.1) is 40.4 Å². The third-order valence-corrected chi connectivity index (χ3v) is 10.7. The van der Waals surface area contributed by atoms with Crippen LogP contribution in [0.2, 0.25) is 0 Å². The molecule has 1 heterocycles. The van der Waals surface area contributed by atoms with Gasteiger partial charge >= 0.3 is 55.6 Å². The molecule has 12 heteroatoms. The first-order chi connectivity index (χ1) is 18.6. The first kappa shape index (κ1) is 32.0. The second-order valence-electron chi connectivity index (χ2n) is 12.6. The van der Waals surface area contributed by atoms with E-state index in [9.17, 15) is 44.1 Å². The maximum atomic E-state index is 12.7. The van der Waals surface area contributed by atoms with Crippen LogP contribution in [0.1, 0.15) is 61.6 Å². The van der Waals surface area contributed by atoms with Crippen LogP contribution >= 0.6 is 0 Å². The summed E-state index contributed by atoms with van der Waals surface area (Å²) in [6.45, 7) is 7.22. The summed E-state index contributed by atoms with van der Waals surface area (Å²) >= 11 is 0. The Morgan fingerprint density at radius 1 is 1.12 bits per heavy atom. The van der Waals surface area contributed by atoms with E-state index in [1.807, 2.05) is 0 Å². The zero-order chi connectivity index (χ0) is 29.6. The van der Waals surface area contributed by atoms with E-state index in [0.29, 0.717) is 31.3 Å². The van der Waals surface area contributed by atoms with Gasteiger partial charge in [-0.3, -0.25) is 28.8 Å². The Morgan fingerprint density at radius 2 is 1.73 bits per heavy atom. The number of carboxylic acid groups (broad SMARTS) is 2. The molecule has 4 N–H and O–H groups in total. The number of hydrogen-bond acceptors (Lipinski definition) is 9. The second-order valence-corrected chi connectivity index (χ2v) is 12.6. The fraction of sp³-hybridized carbons (Fsp3) is 0.655. The van der Waals surface area contributed by atoms with Gasteiger partial charge in [-0.15, -0.1) is 0 Å². The predicted molar refractivity (Wildman–Crippen MR) is 142 cm³/mol. The summed E-state index contributed by atoms with van der Waals surface area (Å²) < 4.78 is 5.87. The van der Waals surface area contributed by atoms with E-state index in [2.05, 4.69) is 6.58 Å². The summed E-state index contributed by atoms with van der Waals surface area (Å²) in [5.74, 6) is -8.00. The van der Waals surface area contributed by atoms with E-state index in [0.717, 1.165) is 0 Å². The quantitative estimate of drug-likeness (QED) is 0.156. The van der Waals surface area contributed by atoms with Crippen LogP contribution in [0.4, 0.5) is 0 Å².